The molecule has 0 atom stereocenters. The maximum Gasteiger partial charge on any atom is 0.416 e. The van der Waals surface area contributed by atoms with E-state index < -0.39 is 27.4 Å². The number of benzene rings is 2. The molecule has 1 heterocycles. The van der Waals surface area contributed by atoms with E-state index in [1.54, 1.807) is 0 Å². The molecule has 0 bridgehead atoms. The molecular weight excluding hydrogens is 396 g/mol. The number of rotatable bonds is 2. The van der Waals surface area contributed by atoms with Crippen LogP contribution in [0.3, 0.4) is 0 Å². The lowest BCUT2D eigenvalue weighted by atomic mass is 10.1. The third-order valence-corrected chi connectivity index (χ3v) is 5.90. The van der Waals surface area contributed by atoms with E-state index >= 15 is 0 Å². The molecule has 2 aromatic rings. The second kappa shape index (κ2) is 6.55. The molecule has 0 amide bonds. The lowest BCUT2D eigenvalue weighted by molar-refractivity contribution is -0.137. The number of halogens is 5. The molecule has 0 saturated heterocycles. The van der Waals surface area contributed by atoms with Crippen LogP contribution in [0.2, 0.25) is 5.02 Å². The van der Waals surface area contributed by atoms with Crippen LogP contribution in [0.5, 0.6) is 0 Å². The van der Waals surface area contributed by atoms with Crippen molar-refractivity contribution in [2.45, 2.75) is 17.5 Å². The summed E-state index contributed by atoms with van der Waals surface area (Å²) in [7, 11) is -3.56. The summed E-state index contributed by atoms with van der Waals surface area (Å²) in [6.45, 7) is 0. The van der Waals surface area contributed by atoms with Crippen molar-refractivity contribution in [2.24, 2.45) is 5.10 Å². The number of fused-ring (bicyclic) bond motifs is 1. The Kier molecular flexibility index (Phi) is 4.70. The molecule has 4 nitrogen and oxygen atoms in total. The zero-order chi connectivity index (χ0) is 19.1. The Labute approximate surface area is 151 Å². The number of alkyl halides is 3. The van der Waals surface area contributed by atoms with Crippen molar-refractivity contribution in [3.63, 3.8) is 0 Å². The van der Waals surface area contributed by atoms with E-state index in [0.29, 0.717) is 0 Å². The molecule has 0 spiro atoms. The minimum absolute atomic E-state index is 0.00486. The van der Waals surface area contributed by atoms with Gasteiger partial charge in [0, 0.05) is 12.0 Å². The lowest BCUT2D eigenvalue weighted by Crippen LogP contribution is -2.23. The molecule has 3 rings (SSSR count). The quantitative estimate of drug-likeness (QED) is 0.454. The van der Waals surface area contributed by atoms with Gasteiger partial charge in [0.15, 0.2) is 9.84 Å². The predicted octanol–water partition coefficient (Wildman–Crippen LogP) is 4.49. The van der Waals surface area contributed by atoms with Gasteiger partial charge in [0.05, 0.1) is 32.6 Å². The topological polar surface area (TPSA) is 58.5 Å². The molecule has 0 aromatic heterocycles. The first-order valence-electron chi connectivity index (χ1n) is 7.30. The van der Waals surface area contributed by atoms with E-state index in [4.69, 9.17) is 11.6 Å². The van der Waals surface area contributed by atoms with Crippen molar-refractivity contribution in [3.8, 4) is 0 Å². The van der Waals surface area contributed by atoms with Crippen LogP contribution in [-0.4, -0.2) is 19.9 Å². The van der Waals surface area contributed by atoms with Crippen molar-refractivity contribution in [1.29, 1.82) is 0 Å². The van der Waals surface area contributed by atoms with Crippen LogP contribution in [0.15, 0.2) is 46.4 Å². The van der Waals surface area contributed by atoms with Crippen LogP contribution in [0, 0.1) is 5.82 Å². The Hall–Kier alpha value is -2.13. The second-order valence-electron chi connectivity index (χ2n) is 5.57. The Bertz CT molecular complexity index is 1000. The first kappa shape index (κ1) is 18.7. The zero-order valence-electron chi connectivity index (χ0n) is 12.9. The molecule has 0 fully saturated rings. The molecule has 1 aliphatic rings. The number of hydrogen-bond donors (Lipinski definition) is 1. The smallest absolute Gasteiger partial charge is 0.277 e. The molecule has 0 unspecified atom stereocenters. The number of nitrogens with one attached hydrogen (secondary N) is 1. The van der Waals surface area contributed by atoms with E-state index in [1.807, 2.05) is 0 Å². The average Bonchev–Trinajstić information content (AvgIpc) is 2.54. The van der Waals surface area contributed by atoms with Gasteiger partial charge >= 0.3 is 6.18 Å². The molecule has 138 valence electrons. The van der Waals surface area contributed by atoms with Gasteiger partial charge in [-0.2, -0.15) is 18.3 Å². The van der Waals surface area contributed by atoms with E-state index in [9.17, 15) is 26.0 Å². The number of hydrogen-bond acceptors (Lipinski definition) is 4. The Morgan fingerprint density at radius 3 is 2.54 bits per heavy atom. The summed E-state index contributed by atoms with van der Waals surface area (Å²) in [5.41, 5.74) is 1.70. The highest BCUT2D eigenvalue weighted by Gasteiger charge is 2.31. The van der Waals surface area contributed by atoms with Gasteiger partial charge in [-0.15, -0.1) is 0 Å². The minimum Gasteiger partial charge on any atom is -0.277 e. The van der Waals surface area contributed by atoms with Crippen LogP contribution in [-0.2, 0) is 16.0 Å². The first-order chi connectivity index (χ1) is 12.1. The van der Waals surface area contributed by atoms with E-state index in [0.717, 1.165) is 36.4 Å². The Morgan fingerprint density at radius 2 is 1.85 bits per heavy atom. The lowest BCUT2D eigenvalue weighted by Gasteiger charge is -2.18. The molecule has 0 aliphatic carbocycles. The third-order valence-electron chi connectivity index (χ3n) is 3.80. The predicted molar refractivity (Wildman–Crippen MR) is 89.7 cm³/mol. The number of sulfone groups is 1. The number of hydrazone groups is 1. The maximum absolute atomic E-state index is 13.5. The minimum atomic E-state index is -4.55. The summed E-state index contributed by atoms with van der Waals surface area (Å²) < 4.78 is 76.1. The van der Waals surface area contributed by atoms with Gasteiger partial charge in [-0.1, -0.05) is 11.6 Å². The van der Waals surface area contributed by atoms with Crippen LogP contribution < -0.4 is 5.43 Å². The standard InChI is InChI=1S/C16H11ClF4N2O2S/c17-12-3-1-9(16(19,20)21)7-14(12)23-22-13-5-6-26(24,25)15-4-2-10(18)8-11(13)15/h1-4,7-8,23H,5-6H2. The molecule has 2 aromatic carbocycles. The molecule has 0 radical (unpaired) electrons. The van der Waals surface area contributed by atoms with Crippen molar-refractivity contribution >= 4 is 32.8 Å². The van der Waals surface area contributed by atoms with Gasteiger partial charge in [0.2, 0.25) is 0 Å². The van der Waals surface area contributed by atoms with Crippen LogP contribution in [0.1, 0.15) is 17.5 Å². The first-order valence-corrected chi connectivity index (χ1v) is 9.33. The molecule has 0 saturated carbocycles. The van der Waals surface area contributed by atoms with Crippen LogP contribution in [0.25, 0.3) is 0 Å². The van der Waals surface area contributed by atoms with Gasteiger partial charge in [0.25, 0.3) is 0 Å². The highest BCUT2D eigenvalue weighted by molar-refractivity contribution is 7.91. The maximum atomic E-state index is 13.5. The summed E-state index contributed by atoms with van der Waals surface area (Å²) in [6, 6.07) is 5.89. The number of anilines is 1. The summed E-state index contributed by atoms with van der Waals surface area (Å²) in [5.74, 6) is -0.881. The largest absolute Gasteiger partial charge is 0.416 e. The summed E-state index contributed by atoms with van der Waals surface area (Å²) in [6.07, 6.45) is -4.56. The van der Waals surface area contributed by atoms with Gasteiger partial charge < -0.3 is 0 Å². The SMILES string of the molecule is O=S1(=O)CCC(=NNc2cc(C(F)(F)F)ccc2Cl)c2cc(F)ccc21. The highest BCUT2D eigenvalue weighted by Crippen LogP contribution is 2.34. The fourth-order valence-corrected chi connectivity index (χ4v) is 4.13. The van der Waals surface area contributed by atoms with Crippen molar-refractivity contribution in [2.75, 3.05) is 11.2 Å². The molecule has 26 heavy (non-hydrogen) atoms. The second-order valence-corrected chi connectivity index (χ2v) is 8.06. The number of nitrogens with zero attached hydrogens (tertiary/aromatic N) is 1. The third kappa shape index (κ3) is 3.68. The van der Waals surface area contributed by atoms with Gasteiger partial charge in [-0.3, -0.25) is 5.43 Å². The summed E-state index contributed by atoms with van der Waals surface area (Å²) in [4.78, 5) is -0.0687. The molecular formula is C16H11ClF4N2O2S. The fraction of sp³-hybridized carbons (Fsp3) is 0.188. The van der Waals surface area contributed by atoms with E-state index in [1.165, 1.54) is 0 Å². The van der Waals surface area contributed by atoms with Crippen molar-refractivity contribution < 1.29 is 26.0 Å². The van der Waals surface area contributed by atoms with Gasteiger partial charge in [-0.25, -0.2) is 12.8 Å². The monoisotopic (exact) mass is 406 g/mol. The molecule has 1 N–H and O–H groups in total. The zero-order valence-corrected chi connectivity index (χ0v) is 14.5. The highest BCUT2D eigenvalue weighted by atomic mass is 35.5. The molecule has 1 aliphatic heterocycles. The van der Waals surface area contributed by atoms with Crippen molar-refractivity contribution in [3.05, 3.63) is 58.4 Å². The average molecular weight is 407 g/mol. The summed E-state index contributed by atoms with van der Waals surface area (Å²) in [5, 5.41) is 3.97. The Balaban J connectivity index is 1.99. The Morgan fingerprint density at radius 1 is 1.12 bits per heavy atom. The van der Waals surface area contributed by atoms with E-state index in [2.05, 4.69) is 10.5 Å². The van der Waals surface area contributed by atoms with Gasteiger partial charge in [0.1, 0.15) is 5.82 Å². The van der Waals surface area contributed by atoms with E-state index in [-0.39, 0.29) is 39.1 Å². The fourth-order valence-electron chi connectivity index (χ4n) is 2.51. The van der Waals surface area contributed by atoms with Crippen LogP contribution >= 0.6 is 11.6 Å². The van der Waals surface area contributed by atoms with Gasteiger partial charge in [-0.05, 0) is 36.4 Å². The normalized spacial score (nSPS) is 17.8. The van der Waals surface area contributed by atoms with Crippen LogP contribution in [0.4, 0.5) is 23.2 Å². The summed E-state index contributed by atoms with van der Waals surface area (Å²) >= 11 is 5.88. The molecule has 10 heteroatoms. The van der Waals surface area contributed by atoms with Crippen molar-refractivity contribution in [1.82, 2.24) is 0 Å².